The molecule has 0 aromatic heterocycles. The third-order valence-electron chi connectivity index (χ3n) is 3.58. The molecule has 1 aromatic rings. The minimum Gasteiger partial charge on any atom is -0.493 e. The van der Waals surface area contributed by atoms with E-state index in [1.54, 1.807) is 18.2 Å². The van der Waals surface area contributed by atoms with Crippen LogP contribution >= 0.6 is 11.6 Å². The van der Waals surface area contributed by atoms with Crippen molar-refractivity contribution in [2.24, 2.45) is 5.92 Å². The second-order valence-electron chi connectivity index (χ2n) is 4.98. The molecule has 0 unspecified atom stereocenters. The molecule has 98 valence electrons. The average Bonchev–Trinajstić information content (AvgIpc) is 2.84. The van der Waals surface area contributed by atoms with E-state index >= 15 is 0 Å². The van der Waals surface area contributed by atoms with Gasteiger partial charge in [-0.25, -0.2) is 0 Å². The molecule has 0 saturated heterocycles. The van der Waals surface area contributed by atoms with Gasteiger partial charge in [-0.2, -0.15) is 0 Å². The monoisotopic (exact) mass is 266 g/mol. The molecular formula is C15H19ClO2. The third kappa shape index (κ3) is 3.49. The standard InChI is InChI=1S/C15H19ClO2/c1-11(17)14-10-13(16)6-7-15(14)18-9-8-12-4-2-3-5-12/h6-7,10,12H,2-5,8-9H2,1H3. The van der Waals surface area contributed by atoms with Crippen molar-refractivity contribution >= 4 is 17.4 Å². The highest BCUT2D eigenvalue weighted by atomic mass is 35.5. The lowest BCUT2D eigenvalue weighted by atomic mass is 10.1. The van der Waals surface area contributed by atoms with Crippen LogP contribution in [0.5, 0.6) is 5.75 Å². The SMILES string of the molecule is CC(=O)c1cc(Cl)ccc1OCCC1CCCC1. The molecule has 0 radical (unpaired) electrons. The summed E-state index contributed by atoms with van der Waals surface area (Å²) in [7, 11) is 0. The summed E-state index contributed by atoms with van der Waals surface area (Å²) >= 11 is 5.89. The van der Waals surface area contributed by atoms with Crippen LogP contribution in [0.2, 0.25) is 5.02 Å². The van der Waals surface area contributed by atoms with Crippen molar-refractivity contribution in [3.05, 3.63) is 28.8 Å². The van der Waals surface area contributed by atoms with Crippen molar-refractivity contribution in [1.29, 1.82) is 0 Å². The molecule has 3 heteroatoms. The second kappa shape index (κ2) is 6.24. The Morgan fingerprint density at radius 2 is 2.11 bits per heavy atom. The van der Waals surface area contributed by atoms with Gasteiger partial charge < -0.3 is 4.74 Å². The Morgan fingerprint density at radius 1 is 1.39 bits per heavy atom. The number of halogens is 1. The van der Waals surface area contributed by atoms with Crippen LogP contribution in [0.4, 0.5) is 0 Å². The van der Waals surface area contributed by atoms with Crippen LogP contribution in [0, 0.1) is 5.92 Å². The number of carbonyl (C=O) groups excluding carboxylic acids is 1. The van der Waals surface area contributed by atoms with Gasteiger partial charge in [0, 0.05) is 5.02 Å². The minimum atomic E-state index is -0.00614. The van der Waals surface area contributed by atoms with E-state index in [1.807, 2.05) is 0 Å². The van der Waals surface area contributed by atoms with Crippen molar-refractivity contribution in [3.63, 3.8) is 0 Å². The van der Waals surface area contributed by atoms with Crippen LogP contribution in [-0.2, 0) is 0 Å². The van der Waals surface area contributed by atoms with Gasteiger partial charge in [0.2, 0.25) is 0 Å². The van der Waals surface area contributed by atoms with Gasteiger partial charge in [-0.15, -0.1) is 0 Å². The van der Waals surface area contributed by atoms with Crippen LogP contribution in [0.15, 0.2) is 18.2 Å². The molecule has 2 rings (SSSR count). The maximum atomic E-state index is 11.5. The number of ketones is 1. The molecule has 2 nitrogen and oxygen atoms in total. The van der Waals surface area contributed by atoms with Gasteiger partial charge in [0.05, 0.1) is 12.2 Å². The molecule has 18 heavy (non-hydrogen) atoms. The van der Waals surface area contributed by atoms with Crippen molar-refractivity contribution in [1.82, 2.24) is 0 Å². The number of hydrogen-bond donors (Lipinski definition) is 0. The van der Waals surface area contributed by atoms with E-state index in [0.29, 0.717) is 22.9 Å². The lowest BCUT2D eigenvalue weighted by Crippen LogP contribution is -2.06. The number of hydrogen-bond acceptors (Lipinski definition) is 2. The average molecular weight is 267 g/mol. The molecule has 1 fully saturated rings. The first-order valence-corrected chi connectivity index (χ1v) is 6.98. The van der Waals surface area contributed by atoms with E-state index in [2.05, 4.69) is 0 Å². The highest BCUT2D eigenvalue weighted by Crippen LogP contribution is 2.28. The third-order valence-corrected chi connectivity index (χ3v) is 3.81. The fourth-order valence-corrected chi connectivity index (χ4v) is 2.71. The predicted octanol–water partition coefficient (Wildman–Crippen LogP) is 4.50. The van der Waals surface area contributed by atoms with Crippen LogP contribution in [0.1, 0.15) is 49.4 Å². The predicted molar refractivity (Wildman–Crippen MR) is 73.5 cm³/mol. The highest BCUT2D eigenvalue weighted by Gasteiger charge is 2.15. The van der Waals surface area contributed by atoms with Crippen molar-refractivity contribution < 1.29 is 9.53 Å². The normalized spacial score (nSPS) is 15.9. The Hall–Kier alpha value is -1.02. The molecule has 0 N–H and O–H groups in total. The molecule has 1 aromatic carbocycles. The van der Waals surface area contributed by atoms with Gasteiger partial charge in [0.25, 0.3) is 0 Å². The number of Topliss-reactive ketones (excluding diaryl/α,β-unsaturated/α-hetero) is 1. The van der Waals surface area contributed by atoms with Gasteiger partial charge in [-0.05, 0) is 37.5 Å². The zero-order valence-electron chi connectivity index (χ0n) is 10.7. The lowest BCUT2D eigenvalue weighted by Gasteiger charge is -2.12. The Morgan fingerprint density at radius 3 is 2.78 bits per heavy atom. The van der Waals surface area contributed by atoms with E-state index in [-0.39, 0.29) is 5.78 Å². The Labute approximate surface area is 113 Å². The molecule has 1 aliphatic rings. The van der Waals surface area contributed by atoms with Crippen LogP contribution < -0.4 is 4.74 Å². The fourth-order valence-electron chi connectivity index (χ4n) is 2.54. The number of ether oxygens (including phenoxy) is 1. The summed E-state index contributed by atoms with van der Waals surface area (Å²) in [6, 6.07) is 5.22. The molecule has 0 heterocycles. The first-order valence-electron chi connectivity index (χ1n) is 6.60. The molecule has 1 saturated carbocycles. The highest BCUT2D eigenvalue weighted by molar-refractivity contribution is 6.31. The lowest BCUT2D eigenvalue weighted by molar-refractivity contribution is 0.101. The second-order valence-corrected chi connectivity index (χ2v) is 5.42. The molecule has 1 aliphatic carbocycles. The van der Waals surface area contributed by atoms with E-state index in [1.165, 1.54) is 32.6 Å². The van der Waals surface area contributed by atoms with Gasteiger partial charge >= 0.3 is 0 Å². The number of rotatable bonds is 5. The topological polar surface area (TPSA) is 26.3 Å². The smallest absolute Gasteiger partial charge is 0.163 e. The summed E-state index contributed by atoms with van der Waals surface area (Å²) in [5.74, 6) is 1.45. The van der Waals surface area contributed by atoms with Gasteiger partial charge in [0.1, 0.15) is 5.75 Å². The summed E-state index contributed by atoms with van der Waals surface area (Å²) in [4.78, 5) is 11.5. The Balaban J connectivity index is 1.93. The van der Waals surface area contributed by atoms with Gasteiger partial charge in [-0.1, -0.05) is 37.3 Å². The summed E-state index contributed by atoms with van der Waals surface area (Å²) in [6.07, 6.45) is 6.43. The molecule has 0 amide bonds. The van der Waals surface area contributed by atoms with E-state index in [9.17, 15) is 4.79 Å². The Bertz CT molecular complexity index is 423. The van der Waals surface area contributed by atoms with Crippen molar-refractivity contribution in [3.8, 4) is 5.75 Å². The van der Waals surface area contributed by atoms with E-state index < -0.39 is 0 Å². The Kier molecular flexibility index (Phi) is 4.65. The number of benzene rings is 1. The zero-order chi connectivity index (χ0) is 13.0. The summed E-state index contributed by atoms with van der Waals surface area (Å²) in [6.45, 7) is 2.22. The van der Waals surface area contributed by atoms with E-state index in [0.717, 1.165) is 12.3 Å². The van der Waals surface area contributed by atoms with Crippen LogP contribution in [0.3, 0.4) is 0 Å². The molecule has 0 spiro atoms. The maximum Gasteiger partial charge on any atom is 0.163 e. The maximum absolute atomic E-state index is 11.5. The molecular weight excluding hydrogens is 248 g/mol. The summed E-state index contributed by atoms with van der Waals surface area (Å²) < 4.78 is 5.74. The fraction of sp³-hybridized carbons (Fsp3) is 0.533. The molecule has 0 bridgehead atoms. The molecule has 0 atom stereocenters. The first-order chi connectivity index (χ1) is 8.66. The van der Waals surface area contributed by atoms with Crippen molar-refractivity contribution in [2.45, 2.75) is 39.0 Å². The first kappa shape index (κ1) is 13.4. The van der Waals surface area contributed by atoms with E-state index in [4.69, 9.17) is 16.3 Å². The largest absolute Gasteiger partial charge is 0.493 e. The quantitative estimate of drug-likeness (QED) is 0.734. The van der Waals surface area contributed by atoms with Gasteiger partial charge in [-0.3, -0.25) is 4.79 Å². The molecule has 0 aliphatic heterocycles. The number of carbonyl (C=O) groups is 1. The van der Waals surface area contributed by atoms with Crippen LogP contribution in [-0.4, -0.2) is 12.4 Å². The zero-order valence-corrected chi connectivity index (χ0v) is 11.5. The summed E-state index contributed by atoms with van der Waals surface area (Å²) in [5, 5.41) is 0.573. The van der Waals surface area contributed by atoms with Crippen LogP contribution in [0.25, 0.3) is 0 Å². The minimum absolute atomic E-state index is 0.00614. The van der Waals surface area contributed by atoms with Crippen molar-refractivity contribution in [2.75, 3.05) is 6.61 Å². The van der Waals surface area contributed by atoms with Gasteiger partial charge in [0.15, 0.2) is 5.78 Å². The summed E-state index contributed by atoms with van der Waals surface area (Å²) in [5.41, 5.74) is 0.578.